The minimum atomic E-state index is 0.165. The monoisotopic (exact) mass is 223 g/mol. The molecule has 6 heteroatoms. The molecule has 2 aromatic rings. The first-order valence-corrected chi connectivity index (χ1v) is 5.70. The topological polar surface area (TPSA) is 55.6 Å². The molecule has 0 saturated heterocycles. The van der Waals surface area contributed by atoms with Crippen molar-refractivity contribution in [2.45, 2.75) is 19.5 Å². The summed E-state index contributed by atoms with van der Waals surface area (Å²) in [6.45, 7) is 2.77. The molecule has 0 radical (unpaired) electrons. The summed E-state index contributed by atoms with van der Waals surface area (Å²) >= 11 is 1.68. The Morgan fingerprint density at radius 2 is 2.47 bits per heavy atom. The molecule has 0 aromatic carbocycles. The Morgan fingerprint density at radius 1 is 1.60 bits per heavy atom. The van der Waals surface area contributed by atoms with E-state index in [0.717, 1.165) is 12.4 Å². The molecular formula is C9H13N5S. The molecule has 1 N–H and O–H groups in total. The minimum Gasteiger partial charge on any atom is -0.311 e. The predicted molar refractivity (Wildman–Crippen MR) is 58.7 cm³/mol. The second kappa shape index (κ2) is 4.50. The third-order valence-corrected chi connectivity index (χ3v) is 3.02. The molecule has 0 amide bonds. The van der Waals surface area contributed by atoms with Crippen LogP contribution in [0.15, 0.2) is 16.8 Å². The van der Waals surface area contributed by atoms with Crippen LogP contribution in [0.3, 0.4) is 0 Å². The molecule has 1 unspecified atom stereocenters. The average molecular weight is 223 g/mol. The number of thiophene rings is 1. The molecule has 0 saturated carbocycles. The van der Waals surface area contributed by atoms with Crippen LogP contribution in [-0.2, 0) is 6.54 Å². The highest BCUT2D eigenvalue weighted by molar-refractivity contribution is 7.07. The van der Waals surface area contributed by atoms with E-state index in [2.05, 4.69) is 37.7 Å². The van der Waals surface area contributed by atoms with Crippen LogP contribution in [0.2, 0.25) is 0 Å². The van der Waals surface area contributed by atoms with Gasteiger partial charge in [0.15, 0.2) is 5.82 Å². The Labute approximate surface area is 92.1 Å². The molecule has 5 nitrogen and oxygen atoms in total. The summed E-state index contributed by atoms with van der Waals surface area (Å²) in [6.07, 6.45) is 0. The zero-order valence-electron chi connectivity index (χ0n) is 8.71. The van der Waals surface area contributed by atoms with Gasteiger partial charge in [-0.3, -0.25) is 0 Å². The highest BCUT2D eigenvalue weighted by Gasteiger charge is 2.12. The zero-order chi connectivity index (χ0) is 10.7. The van der Waals surface area contributed by atoms with Crippen molar-refractivity contribution in [3.63, 3.8) is 0 Å². The fourth-order valence-electron chi connectivity index (χ4n) is 1.32. The van der Waals surface area contributed by atoms with Crippen LogP contribution in [0.25, 0.3) is 0 Å². The molecule has 0 spiro atoms. The van der Waals surface area contributed by atoms with E-state index in [1.807, 2.05) is 18.7 Å². The fraction of sp³-hybridized carbons (Fsp3) is 0.444. The number of tetrazole rings is 1. The first kappa shape index (κ1) is 10.3. The zero-order valence-corrected chi connectivity index (χ0v) is 9.53. The van der Waals surface area contributed by atoms with Crippen molar-refractivity contribution in [3.05, 3.63) is 28.2 Å². The lowest BCUT2D eigenvalue weighted by Crippen LogP contribution is -2.18. The molecule has 1 atom stereocenters. The quantitative estimate of drug-likeness (QED) is 0.842. The molecule has 2 aromatic heterocycles. The van der Waals surface area contributed by atoms with E-state index in [1.165, 1.54) is 5.56 Å². The van der Waals surface area contributed by atoms with Crippen molar-refractivity contribution in [2.75, 3.05) is 7.05 Å². The predicted octanol–water partition coefficient (Wildman–Crippen LogP) is 1.06. The van der Waals surface area contributed by atoms with E-state index in [0.29, 0.717) is 0 Å². The fourth-order valence-corrected chi connectivity index (χ4v) is 1.98. The second-order valence-corrected chi connectivity index (χ2v) is 4.12. The van der Waals surface area contributed by atoms with Gasteiger partial charge in [-0.05, 0) is 46.8 Å². The minimum absolute atomic E-state index is 0.165. The molecule has 80 valence electrons. The number of nitrogens with zero attached hydrogens (tertiary/aromatic N) is 4. The molecule has 15 heavy (non-hydrogen) atoms. The van der Waals surface area contributed by atoms with Gasteiger partial charge in [-0.2, -0.15) is 11.3 Å². The average Bonchev–Trinajstić information content (AvgIpc) is 2.88. The molecule has 2 heterocycles. The Morgan fingerprint density at radius 3 is 3.13 bits per heavy atom. The van der Waals surface area contributed by atoms with Crippen LogP contribution in [0.5, 0.6) is 0 Å². The molecule has 0 aliphatic carbocycles. The standard InChI is InChI=1S/C9H13N5S/c1-7(10-2)9-11-12-13-14(9)5-8-3-4-15-6-8/h3-4,6-7,10H,5H2,1-2H3. The van der Waals surface area contributed by atoms with Crippen LogP contribution in [0.1, 0.15) is 24.4 Å². The van der Waals surface area contributed by atoms with Crippen LogP contribution in [0, 0.1) is 0 Å². The molecule has 2 rings (SSSR count). The lowest BCUT2D eigenvalue weighted by molar-refractivity contribution is 0.540. The van der Waals surface area contributed by atoms with E-state index >= 15 is 0 Å². The van der Waals surface area contributed by atoms with Crippen molar-refractivity contribution in [3.8, 4) is 0 Å². The maximum atomic E-state index is 4.01. The summed E-state index contributed by atoms with van der Waals surface area (Å²) in [5.74, 6) is 0.865. The van der Waals surface area contributed by atoms with Gasteiger partial charge in [0.25, 0.3) is 0 Å². The summed E-state index contributed by atoms with van der Waals surface area (Å²) in [7, 11) is 1.90. The number of hydrogen-bond donors (Lipinski definition) is 1. The van der Waals surface area contributed by atoms with Gasteiger partial charge in [0.1, 0.15) is 0 Å². The van der Waals surface area contributed by atoms with Crippen molar-refractivity contribution >= 4 is 11.3 Å². The Kier molecular flexibility index (Phi) is 3.08. The lowest BCUT2D eigenvalue weighted by Gasteiger charge is -2.09. The van der Waals surface area contributed by atoms with Crippen LogP contribution < -0.4 is 5.32 Å². The Bertz CT molecular complexity index is 408. The van der Waals surface area contributed by atoms with Gasteiger partial charge in [0, 0.05) is 0 Å². The van der Waals surface area contributed by atoms with Gasteiger partial charge in [-0.25, -0.2) is 4.68 Å². The number of rotatable bonds is 4. The first-order chi connectivity index (χ1) is 7.31. The van der Waals surface area contributed by atoms with Gasteiger partial charge in [-0.15, -0.1) is 5.10 Å². The van der Waals surface area contributed by atoms with Crippen LogP contribution in [0.4, 0.5) is 0 Å². The largest absolute Gasteiger partial charge is 0.311 e. The van der Waals surface area contributed by atoms with E-state index in [-0.39, 0.29) is 6.04 Å². The summed E-state index contributed by atoms with van der Waals surface area (Å²) in [5, 5.41) is 19.0. The van der Waals surface area contributed by atoms with Crippen LogP contribution in [-0.4, -0.2) is 27.3 Å². The lowest BCUT2D eigenvalue weighted by atomic mass is 10.3. The second-order valence-electron chi connectivity index (χ2n) is 3.34. The van der Waals surface area contributed by atoms with Gasteiger partial charge < -0.3 is 5.32 Å². The molecule has 0 bridgehead atoms. The van der Waals surface area contributed by atoms with Gasteiger partial charge in [0.2, 0.25) is 0 Å². The van der Waals surface area contributed by atoms with Gasteiger partial charge >= 0.3 is 0 Å². The first-order valence-electron chi connectivity index (χ1n) is 4.75. The Balaban J connectivity index is 2.18. The molecular weight excluding hydrogens is 210 g/mol. The van der Waals surface area contributed by atoms with Gasteiger partial charge in [-0.1, -0.05) is 0 Å². The summed E-state index contributed by atoms with van der Waals surface area (Å²) < 4.78 is 1.82. The van der Waals surface area contributed by atoms with Crippen molar-refractivity contribution in [1.29, 1.82) is 0 Å². The van der Waals surface area contributed by atoms with Crippen molar-refractivity contribution in [2.24, 2.45) is 0 Å². The third kappa shape index (κ3) is 2.21. The number of nitrogens with one attached hydrogen (secondary N) is 1. The highest BCUT2D eigenvalue weighted by Crippen LogP contribution is 2.11. The van der Waals surface area contributed by atoms with Crippen molar-refractivity contribution in [1.82, 2.24) is 25.5 Å². The van der Waals surface area contributed by atoms with Gasteiger partial charge in [0.05, 0.1) is 12.6 Å². The summed E-state index contributed by atoms with van der Waals surface area (Å²) in [5.41, 5.74) is 1.23. The Hall–Kier alpha value is -1.27. The van der Waals surface area contributed by atoms with E-state index in [1.54, 1.807) is 11.3 Å². The van der Waals surface area contributed by atoms with E-state index in [4.69, 9.17) is 0 Å². The third-order valence-electron chi connectivity index (χ3n) is 2.29. The summed E-state index contributed by atoms with van der Waals surface area (Å²) in [4.78, 5) is 0. The molecule has 0 fully saturated rings. The number of aromatic nitrogens is 4. The smallest absolute Gasteiger partial charge is 0.168 e. The normalized spacial score (nSPS) is 12.9. The molecule has 0 aliphatic heterocycles. The van der Waals surface area contributed by atoms with Crippen molar-refractivity contribution < 1.29 is 0 Å². The maximum absolute atomic E-state index is 4.01. The number of hydrogen-bond acceptors (Lipinski definition) is 5. The van der Waals surface area contributed by atoms with E-state index < -0.39 is 0 Å². The maximum Gasteiger partial charge on any atom is 0.168 e. The highest BCUT2D eigenvalue weighted by atomic mass is 32.1. The molecule has 0 aliphatic rings. The SMILES string of the molecule is CNC(C)c1nnnn1Cc1ccsc1. The van der Waals surface area contributed by atoms with E-state index in [9.17, 15) is 0 Å². The van der Waals surface area contributed by atoms with Crippen LogP contribution >= 0.6 is 11.3 Å². The summed E-state index contributed by atoms with van der Waals surface area (Å²) in [6, 6.07) is 2.25.